The van der Waals surface area contributed by atoms with E-state index in [1.165, 1.54) is 6.07 Å². The number of nitrogens with one attached hydrogen (secondary N) is 1. The first-order valence-corrected chi connectivity index (χ1v) is 4.69. The van der Waals surface area contributed by atoms with Crippen LogP contribution in [0.2, 0.25) is 0 Å². The van der Waals surface area contributed by atoms with Crippen LogP contribution in [0.4, 0.5) is 11.4 Å². The maximum Gasteiger partial charge on any atom is 0.292 e. The highest BCUT2D eigenvalue weighted by Crippen LogP contribution is 2.26. The van der Waals surface area contributed by atoms with Crippen LogP contribution >= 0.6 is 0 Å². The van der Waals surface area contributed by atoms with E-state index in [4.69, 9.17) is 5.11 Å². The Morgan fingerprint density at radius 2 is 2.20 bits per heavy atom. The van der Waals surface area contributed by atoms with Gasteiger partial charge in [0.1, 0.15) is 5.69 Å². The molecule has 0 spiro atoms. The van der Waals surface area contributed by atoms with Crippen LogP contribution in [-0.4, -0.2) is 16.1 Å². The molecular formula is C10H14N2O3. The average molecular weight is 210 g/mol. The summed E-state index contributed by atoms with van der Waals surface area (Å²) in [7, 11) is 0. The van der Waals surface area contributed by atoms with Crippen LogP contribution in [0.5, 0.6) is 0 Å². The van der Waals surface area contributed by atoms with Crippen LogP contribution in [0, 0.1) is 10.1 Å². The summed E-state index contributed by atoms with van der Waals surface area (Å²) >= 11 is 0. The van der Waals surface area contributed by atoms with Crippen molar-refractivity contribution in [3.8, 4) is 0 Å². The Hall–Kier alpha value is -1.62. The molecule has 0 saturated heterocycles. The van der Waals surface area contributed by atoms with Gasteiger partial charge < -0.3 is 10.4 Å². The second kappa shape index (κ2) is 4.75. The normalized spacial score (nSPS) is 10.4. The molecule has 0 bridgehead atoms. The summed E-state index contributed by atoms with van der Waals surface area (Å²) in [6.07, 6.45) is 0. The van der Waals surface area contributed by atoms with Gasteiger partial charge in [0.05, 0.1) is 11.5 Å². The van der Waals surface area contributed by atoms with Gasteiger partial charge in [-0.2, -0.15) is 0 Å². The number of aliphatic hydroxyl groups excluding tert-OH is 1. The van der Waals surface area contributed by atoms with Gasteiger partial charge in [0.2, 0.25) is 0 Å². The summed E-state index contributed by atoms with van der Waals surface area (Å²) in [6, 6.07) is 4.79. The lowest BCUT2D eigenvalue weighted by molar-refractivity contribution is -0.384. The fourth-order valence-electron chi connectivity index (χ4n) is 1.26. The third-order valence-electron chi connectivity index (χ3n) is 1.89. The molecule has 1 aromatic rings. The fourth-order valence-corrected chi connectivity index (χ4v) is 1.26. The first-order chi connectivity index (χ1) is 7.04. The number of aliphatic hydroxyl groups is 1. The Kier molecular flexibility index (Phi) is 3.62. The summed E-state index contributed by atoms with van der Waals surface area (Å²) in [4.78, 5) is 10.3. The molecule has 0 fully saturated rings. The maximum absolute atomic E-state index is 10.8. The fraction of sp³-hybridized carbons (Fsp3) is 0.400. The second-order valence-corrected chi connectivity index (χ2v) is 3.57. The molecule has 0 aliphatic heterocycles. The monoisotopic (exact) mass is 210 g/mol. The molecule has 0 aliphatic carbocycles. The van der Waals surface area contributed by atoms with Crippen molar-refractivity contribution in [2.24, 2.45) is 0 Å². The molecule has 1 aromatic carbocycles. The minimum atomic E-state index is -0.454. The standard InChI is InChI=1S/C10H14N2O3/c1-7(2)11-9-4-3-8(6-13)5-10(9)12(14)15/h3-5,7,11,13H,6H2,1-2H3. The molecular weight excluding hydrogens is 196 g/mol. The lowest BCUT2D eigenvalue weighted by atomic mass is 10.1. The van der Waals surface area contributed by atoms with Gasteiger partial charge in [-0.3, -0.25) is 10.1 Å². The van der Waals surface area contributed by atoms with Crippen molar-refractivity contribution in [2.75, 3.05) is 5.32 Å². The van der Waals surface area contributed by atoms with Crippen molar-refractivity contribution < 1.29 is 10.0 Å². The zero-order chi connectivity index (χ0) is 11.4. The molecule has 1 rings (SSSR count). The maximum atomic E-state index is 10.8. The van der Waals surface area contributed by atoms with Crippen molar-refractivity contribution in [1.82, 2.24) is 0 Å². The van der Waals surface area contributed by atoms with Crippen molar-refractivity contribution in [2.45, 2.75) is 26.5 Å². The van der Waals surface area contributed by atoms with Crippen molar-refractivity contribution >= 4 is 11.4 Å². The largest absolute Gasteiger partial charge is 0.392 e. The number of benzene rings is 1. The third-order valence-corrected chi connectivity index (χ3v) is 1.89. The van der Waals surface area contributed by atoms with Crippen LogP contribution < -0.4 is 5.32 Å². The van der Waals surface area contributed by atoms with Crippen LogP contribution in [0.1, 0.15) is 19.4 Å². The lowest BCUT2D eigenvalue weighted by Crippen LogP contribution is -2.11. The van der Waals surface area contributed by atoms with Crippen molar-refractivity contribution in [3.05, 3.63) is 33.9 Å². The quantitative estimate of drug-likeness (QED) is 0.588. The minimum Gasteiger partial charge on any atom is -0.392 e. The highest BCUT2D eigenvalue weighted by Gasteiger charge is 2.14. The van der Waals surface area contributed by atoms with Gasteiger partial charge in [-0.25, -0.2) is 0 Å². The molecule has 0 aromatic heterocycles. The number of hydrogen-bond donors (Lipinski definition) is 2. The Labute approximate surface area is 87.9 Å². The van der Waals surface area contributed by atoms with E-state index in [0.29, 0.717) is 11.3 Å². The summed E-state index contributed by atoms with van der Waals surface area (Å²) in [6.45, 7) is 3.62. The molecule has 2 N–H and O–H groups in total. The molecule has 0 saturated carbocycles. The van der Waals surface area contributed by atoms with Crippen LogP contribution in [0.25, 0.3) is 0 Å². The van der Waals surface area contributed by atoms with Crippen LogP contribution in [0.3, 0.4) is 0 Å². The Morgan fingerprint density at radius 3 is 2.67 bits per heavy atom. The number of hydrogen-bond acceptors (Lipinski definition) is 4. The summed E-state index contributed by atoms with van der Waals surface area (Å²) in [5.74, 6) is 0. The molecule has 0 aliphatic rings. The van der Waals surface area contributed by atoms with Crippen LogP contribution in [0.15, 0.2) is 18.2 Å². The molecule has 5 heteroatoms. The molecule has 0 atom stereocenters. The van der Waals surface area contributed by atoms with Crippen molar-refractivity contribution in [1.29, 1.82) is 0 Å². The molecule has 0 radical (unpaired) electrons. The van der Waals surface area contributed by atoms with Crippen LogP contribution in [-0.2, 0) is 6.61 Å². The highest BCUT2D eigenvalue weighted by molar-refractivity contribution is 5.62. The first-order valence-electron chi connectivity index (χ1n) is 4.69. The van der Waals surface area contributed by atoms with Gasteiger partial charge in [0.15, 0.2) is 0 Å². The highest BCUT2D eigenvalue weighted by atomic mass is 16.6. The predicted octanol–water partition coefficient (Wildman–Crippen LogP) is 1.91. The first kappa shape index (κ1) is 11.5. The van der Waals surface area contributed by atoms with Gasteiger partial charge in [-0.1, -0.05) is 6.07 Å². The zero-order valence-electron chi connectivity index (χ0n) is 8.73. The van der Waals surface area contributed by atoms with Gasteiger partial charge in [-0.05, 0) is 25.5 Å². The van der Waals surface area contributed by atoms with E-state index in [1.807, 2.05) is 13.8 Å². The van der Waals surface area contributed by atoms with Gasteiger partial charge in [0, 0.05) is 12.1 Å². The van der Waals surface area contributed by atoms with E-state index < -0.39 is 4.92 Å². The van der Waals surface area contributed by atoms with Gasteiger partial charge >= 0.3 is 0 Å². The Bertz CT molecular complexity index is 364. The molecule has 0 heterocycles. The average Bonchev–Trinajstić information content (AvgIpc) is 2.17. The van der Waals surface area contributed by atoms with E-state index in [1.54, 1.807) is 12.1 Å². The number of nitro benzene ring substituents is 1. The topological polar surface area (TPSA) is 75.4 Å². The third kappa shape index (κ3) is 2.92. The lowest BCUT2D eigenvalue weighted by Gasteiger charge is -2.10. The van der Waals surface area contributed by atoms with E-state index in [-0.39, 0.29) is 18.3 Å². The van der Waals surface area contributed by atoms with E-state index in [9.17, 15) is 10.1 Å². The van der Waals surface area contributed by atoms with Gasteiger partial charge in [0.25, 0.3) is 5.69 Å². The molecule has 0 amide bonds. The van der Waals surface area contributed by atoms with E-state index >= 15 is 0 Å². The number of nitrogens with zero attached hydrogens (tertiary/aromatic N) is 1. The minimum absolute atomic E-state index is 0.00440. The summed E-state index contributed by atoms with van der Waals surface area (Å²) in [5, 5.41) is 22.6. The second-order valence-electron chi connectivity index (χ2n) is 3.57. The molecule has 15 heavy (non-hydrogen) atoms. The summed E-state index contributed by atoms with van der Waals surface area (Å²) < 4.78 is 0. The molecule has 5 nitrogen and oxygen atoms in total. The molecule has 82 valence electrons. The number of rotatable bonds is 4. The Morgan fingerprint density at radius 1 is 1.53 bits per heavy atom. The smallest absolute Gasteiger partial charge is 0.292 e. The van der Waals surface area contributed by atoms with Crippen molar-refractivity contribution in [3.63, 3.8) is 0 Å². The Balaban J connectivity index is 3.09. The van der Waals surface area contributed by atoms with E-state index in [2.05, 4.69) is 5.32 Å². The SMILES string of the molecule is CC(C)Nc1ccc(CO)cc1[N+](=O)[O-]. The molecule has 0 unspecified atom stereocenters. The van der Waals surface area contributed by atoms with Gasteiger partial charge in [-0.15, -0.1) is 0 Å². The number of nitro groups is 1. The predicted molar refractivity (Wildman–Crippen MR) is 57.8 cm³/mol. The number of anilines is 1. The van der Waals surface area contributed by atoms with E-state index in [0.717, 1.165) is 0 Å². The zero-order valence-corrected chi connectivity index (χ0v) is 8.73. The summed E-state index contributed by atoms with van der Waals surface area (Å²) in [5.41, 5.74) is 1.01.